The first-order valence-corrected chi connectivity index (χ1v) is 7.24. The van der Waals surface area contributed by atoms with Gasteiger partial charge in [-0.25, -0.2) is 4.79 Å². The Morgan fingerprint density at radius 3 is 2.45 bits per heavy atom. The van der Waals surface area contributed by atoms with E-state index >= 15 is 0 Å². The normalized spacial score (nSPS) is 29.8. The molecule has 0 bridgehead atoms. The van der Waals surface area contributed by atoms with E-state index in [2.05, 4.69) is 12.2 Å². The molecule has 1 aliphatic carbocycles. The van der Waals surface area contributed by atoms with Crippen LogP contribution in [0.3, 0.4) is 0 Å². The van der Waals surface area contributed by atoms with Crippen molar-refractivity contribution in [1.29, 1.82) is 0 Å². The number of hydrogen-bond donors (Lipinski definition) is 1. The summed E-state index contributed by atoms with van der Waals surface area (Å²) in [7, 11) is 3.23. The number of rotatable bonds is 3. The molecule has 0 radical (unpaired) electrons. The summed E-state index contributed by atoms with van der Waals surface area (Å²) < 4.78 is 0. The zero-order valence-electron chi connectivity index (χ0n) is 12.4. The minimum absolute atomic E-state index is 0.170. The van der Waals surface area contributed by atoms with E-state index in [9.17, 15) is 14.4 Å². The maximum Gasteiger partial charge on any atom is 0.325 e. The van der Waals surface area contributed by atoms with Crippen LogP contribution in [0.25, 0.3) is 0 Å². The van der Waals surface area contributed by atoms with Crippen LogP contribution >= 0.6 is 0 Å². The molecule has 4 amide bonds. The number of nitrogens with zero attached hydrogens (tertiary/aromatic N) is 2. The summed E-state index contributed by atoms with van der Waals surface area (Å²) in [4.78, 5) is 38.7. The van der Waals surface area contributed by atoms with Crippen molar-refractivity contribution in [2.24, 2.45) is 5.92 Å². The van der Waals surface area contributed by atoms with Crippen LogP contribution in [-0.4, -0.2) is 53.8 Å². The molecule has 2 aliphatic rings. The number of carbonyl (C=O) groups is 3. The summed E-state index contributed by atoms with van der Waals surface area (Å²) in [6.45, 7) is 1.98. The number of carbonyl (C=O) groups excluding carboxylic acids is 3. The molecule has 1 N–H and O–H groups in total. The molecule has 0 aromatic rings. The molecule has 1 saturated heterocycles. The van der Waals surface area contributed by atoms with E-state index in [0.29, 0.717) is 18.8 Å². The lowest BCUT2D eigenvalue weighted by Crippen LogP contribution is -2.50. The molecule has 6 nitrogen and oxygen atoms in total. The quantitative estimate of drug-likeness (QED) is 0.784. The van der Waals surface area contributed by atoms with E-state index in [-0.39, 0.29) is 18.4 Å². The minimum Gasteiger partial charge on any atom is -0.347 e. The van der Waals surface area contributed by atoms with Crippen molar-refractivity contribution in [3.05, 3.63) is 0 Å². The number of amides is 4. The Bertz CT molecular complexity index is 425. The second-order valence-corrected chi connectivity index (χ2v) is 6.04. The Kier molecular flexibility index (Phi) is 4.01. The third-order valence-electron chi connectivity index (χ3n) is 4.57. The van der Waals surface area contributed by atoms with Gasteiger partial charge in [0, 0.05) is 14.1 Å². The maximum absolute atomic E-state index is 12.5. The first kappa shape index (κ1) is 14.8. The molecular weight excluding hydrogens is 258 g/mol. The first-order valence-electron chi connectivity index (χ1n) is 7.24. The molecule has 1 saturated carbocycles. The maximum atomic E-state index is 12.5. The lowest BCUT2D eigenvalue weighted by atomic mass is 9.75. The van der Waals surface area contributed by atoms with Gasteiger partial charge >= 0.3 is 6.03 Å². The fraction of sp³-hybridized carbons (Fsp3) is 0.786. The molecule has 1 heterocycles. The van der Waals surface area contributed by atoms with Gasteiger partial charge in [0.2, 0.25) is 5.91 Å². The molecule has 112 valence electrons. The van der Waals surface area contributed by atoms with E-state index in [0.717, 1.165) is 24.2 Å². The molecule has 2 fully saturated rings. The summed E-state index contributed by atoms with van der Waals surface area (Å²) in [6, 6.07) is -0.430. The van der Waals surface area contributed by atoms with Gasteiger partial charge in [0.1, 0.15) is 12.1 Å². The van der Waals surface area contributed by atoms with Crippen LogP contribution < -0.4 is 5.32 Å². The second kappa shape index (κ2) is 5.42. The predicted molar refractivity (Wildman–Crippen MR) is 73.9 cm³/mol. The Labute approximate surface area is 119 Å². The minimum atomic E-state index is -0.755. The average Bonchev–Trinajstić information content (AvgIpc) is 2.64. The van der Waals surface area contributed by atoms with Crippen LogP contribution in [-0.2, 0) is 9.59 Å². The molecule has 20 heavy (non-hydrogen) atoms. The molecule has 1 spiro atoms. The summed E-state index contributed by atoms with van der Waals surface area (Å²) in [5.41, 5.74) is -0.755. The van der Waals surface area contributed by atoms with E-state index in [1.807, 2.05) is 0 Å². The number of likely N-dealkylation sites (N-methyl/N-ethyl adjacent to an activating group) is 1. The molecular formula is C14H23N3O3. The topological polar surface area (TPSA) is 69.7 Å². The van der Waals surface area contributed by atoms with E-state index in [1.165, 1.54) is 4.90 Å². The van der Waals surface area contributed by atoms with Gasteiger partial charge in [0.15, 0.2) is 0 Å². The number of urea groups is 1. The van der Waals surface area contributed by atoms with E-state index in [4.69, 9.17) is 0 Å². The highest BCUT2D eigenvalue weighted by molar-refractivity contribution is 6.09. The Morgan fingerprint density at radius 1 is 1.35 bits per heavy atom. The standard InChI is InChI=1S/C14H23N3O3/c1-4-10-5-7-14(8-6-10)12(19)17(13(20)15-14)9-11(18)16(2)3/h10H,4-9H2,1-3H3,(H,15,20). The van der Waals surface area contributed by atoms with Crippen molar-refractivity contribution in [3.63, 3.8) is 0 Å². The van der Waals surface area contributed by atoms with Crippen molar-refractivity contribution >= 4 is 17.8 Å². The highest BCUT2D eigenvalue weighted by Gasteiger charge is 2.52. The van der Waals surface area contributed by atoms with Gasteiger partial charge in [-0.2, -0.15) is 0 Å². The Hall–Kier alpha value is -1.59. The van der Waals surface area contributed by atoms with Crippen molar-refractivity contribution in [2.45, 2.75) is 44.6 Å². The zero-order chi connectivity index (χ0) is 14.9. The van der Waals surface area contributed by atoms with Gasteiger partial charge in [0.05, 0.1) is 0 Å². The Morgan fingerprint density at radius 2 is 1.95 bits per heavy atom. The molecule has 0 atom stereocenters. The van der Waals surface area contributed by atoms with Crippen LogP contribution in [0.4, 0.5) is 4.79 Å². The first-order chi connectivity index (χ1) is 9.39. The summed E-state index contributed by atoms with van der Waals surface area (Å²) in [5.74, 6) is 0.169. The van der Waals surface area contributed by atoms with Crippen LogP contribution in [0.15, 0.2) is 0 Å². The third-order valence-corrected chi connectivity index (χ3v) is 4.57. The fourth-order valence-corrected chi connectivity index (χ4v) is 3.01. The summed E-state index contributed by atoms with van der Waals surface area (Å²) in [5, 5.41) is 2.82. The van der Waals surface area contributed by atoms with Gasteiger partial charge in [-0.15, -0.1) is 0 Å². The van der Waals surface area contributed by atoms with E-state index < -0.39 is 11.6 Å². The van der Waals surface area contributed by atoms with Gasteiger partial charge < -0.3 is 10.2 Å². The average molecular weight is 281 g/mol. The molecule has 1 aliphatic heterocycles. The largest absolute Gasteiger partial charge is 0.347 e. The van der Waals surface area contributed by atoms with Crippen molar-refractivity contribution in [1.82, 2.24) is 15.1 Å². The smallest absolute Gasteiger partial charge is 0.325 e. The van der Waals surface area contributed by atoms with Crippen LogP contribution in [0.5, 0.6) is 0 Å². The highest BCUT2D eigenvalue weighted by Crippen LogP contribution is 2.37. The third kappa shape index (κ3) is 2.51. The number of nitrogens with one attached hydrogen (secondary N) is 1. The SMILES string of the molecule is CCC1CCC2(CC1)NC(=O)N(CC(=O)N(C)C)C2=O. The second-order valence-electron chi connectivity index (χ2n) is 6.04. The highest BCUT2D eigenvalue weighted by atomic mass is 16.2. The summed E-state index contributed by atoms with van der Waals surface area (Å²) in [6.07, 6.45) is 4.39. The van der Waals surface area contributed by atoms with Crippen LogP contribution in [0.2, 0.25) is 0 Å². The number of imide groups is 1. The van der Waals surface area contributed by atoms with Crippen molar-refractivity contribution in [2.75, 3.05) is 20.6 Å². The van der Waals surface area contributed by atoms with Crippen LogP contribution in [0, 0.1) is 5.92 Å². The van der Waals surface area contributed by atoms with Gasteiger partial charge in [-0.05, 0) is 31.6 Å². The molecule has 2 rings (SSSR count). The zero-order valence-corrected chi connectivity index (χ0v) is 12.4. The number of hydrogen-bond acceptors (Lipinski definition) is 3. The molecule has 0 aromatic carbocycles. The summed E-state index contributed by atoms with van der Waals surface area (Å²) >= 11 is 0. The predicted octanol–water partition coefficient (Wildman–Crippen LogP) is 0.965. The van der Waals surface area contributed by atoms with Gasteiger partial charge in [-0.1, -0.05) is 13.3 Å². The van der Waals surface area contributed by atoms with Crippen molar-refractivity contribution < 1.29 is 14.4 Å². The van der Waals surface area contributed by atoms with Gasteiger partial charge in [-0.3, -0.25) is 14.5 Å². The van der Waals surface area contributed by atoms with Gasteiger partial charge in [0.25, 0.3) is 5.91 Å². The fourth-order valence-electron chi connectivity index (χ4n) is 3.01. The molecule has 0 unspecified atom stereocenters. The molecule has 6 heteroatoms. The lowest BCUT2D eigenvalue weighted by Gasteiger charge is -2.34. The lowest BCUT2D eigenvalue weighted by molar-refractivity contribution is -0.138. The molecule has 0 aromatic heterocycles. The Balaban J connectivity index is 2.07. The van der Waals surface area contributed by atoms with Crippen molar-refractivity contribution in [3.8, 4) is 0 Å². The van der Waals surface area contributed by atoms with Crippen LogP contribution in [0.1, 0.15) is 39.0 Å². The monoisotopic (exact) mass is 281 g/mol. The van der Waals surface area contributed by atoms with E-state index in [1.54, 1.807) is 14.1 Å².